The highest BCUT2D eigenvalue weighted by Gasteiger charge is 2.24. The number of carbonyl (C=O) groups excluding carboxylic acids is 1. The van der Waals surface area contributed by atoms with Gasteiger partial charge >= 0.3 is 0 Å². The summed E-state index contributed by atoms with van der Waals surface area (Å²) < 4.78 is 15.2. The molecule has 37 heavy (non-hydrogen) atoms. The molecule has 0 spiro atoms. The number of rotatable bonds is 11. The summed E-state index contributed by atoms with van der Waals surface area (Å²) in [4.78, 5) is 24.5. The fourth-order valence-corrected chi connectivity index (χ4v) is 5.32. The summed E-state index contributed by atoms with van der Waals surface area (Å²) in [6.07, 6.45) is 2.09. The van der Waals surface area contributed by atoms with E-state index in [1.807, 2.05) is 35.2 Å². The van der Waals surface area contributed by atoms with Gasteiger partial charge in [0, 0.05) is 68.8 Å². The molecule has 0 radical (unpaired) electrons. The van der Waals surface area contributed by atoms with Gasteiger partial charge in [-0.05, 0) is 55.3 Å². The van der Waals surface area contributed by atoms with Crippen molar-refractivity contribution in [3.63, 3.8) is 0 Å². The van der Waals surface area contributed by atoms with Crippen LogP contribution in [0.5, 0.6) is 11.5 Å². The first-order valence-corrected chi connectivity index (χ1v) is 13.7. The summed E-state index contributed by atoms with van der Waals surface area (Å²) >= 11 is 1.41. The summed E-state index contributed by atoms with van der Waals surface area (Å²) in [6, 6.07) is 16.4. The van der Waals surface area contributed by atoms with Crippen molar-refractivity contribution in [3.05, 3.63) is 59.9 Å². The van der Waals surface area contributed by atoms with Crippen LogP contribution in [0.15, 0.2) is 48.5 Å². The van der Waals surface area contributed by atoms with Crippen LogP contribution in [0.2, 0.25) is 0 Å². The largest absolute Gasteiger partial charge is 0.497 e. The monoisotopic (exact) mass is 523 g/mol. The highest BCUT2D eigenvalue weighted by atomic mass is 32.1. The average Bonchev–Trinajstić information content (AvgIpc) is 3.41. The number of hydrogen-bond acceptors (Lipinski definition) is 8. The third-order valence-corrected chi connectivity index (χ3v) is 7.75. The molecule has 1 atom stereocenters. The standard InChI is InChI=1S/C28H37N5O3S/c1-5-21(2)33(28-29-26(30-37-28)20-22-7-6-8-25(19-22)36-4)14-13-27(34)32-17-15-31(16-18-32)23-9-11-24(35-3)12-10-23/h6-12,19,21H,5,13-18,20H2,1-4H3. The zero-order chi connectivity index (χ0) is 26.2. The average molecular weight is 524 g/mol. The lowest BCUT2D eigenvalue weighted by atomic mass is 10.1. The molecule has 0 aliphatic carbocycles. The molecule has 0 saturated carbocycles. The minimum atomic E-state index is 0.198. The number of aromatic nitrogens is 2. The molecule has 1 fully saturated rings. The fourth-order valence-electron chi connectivity index (χ4n) is 4.50. The molecule has 0 N–H and O–H groups in total. The Kier molecular flexibility index (Phi) is 9.22. The van der Waals surface area contributed by atoms with Gasteiger partial charge in [0.25, 0.3) is 0 Å². The Labute approximate surface area is 224 Å². The fraction of sp³-hybridized carbons (Fsp3) is 0.464. The quantitative estimate of drug-likeness (QED) is 0.367. The van der Waals surface area contributed by atoms with Crippen LogP contribution in [-0.4, -0.2) is 73.1 Å². The van der Waals surface area contributed by atoms with E-state index >= 15 is 0 Å². The zero-order valence-corrected chi connectivity index (χ0v) is 23.0. The van der Waals surface area contributed by atoms with Crippen LogP contribution in [0, 0.1) is 0 Å². The van der Waals surface area contributed by atoms with E-state index in [9.17, 15) is 4.79 Å². The Bertz CT molecular complexity index is 1140. The van der Waals surface area contributed by atoms with Crippen LogP contribution in [0.25, 0.3) is 0 Å². The summed E-state index contributed by atoms with van der Waals surface area (Å²) in [5.74, 6) is 2.68. The van der Waals surface area contributed by atoms with Crippen molar-refractivity contribution in [2.45, 2.75) is 39.2 Å². The van der Waals surface area contributed by atoms with Gasteiger partial charge in [0.1, 0.15) is 17.3 Å². The van der Waals surface area contributed by atoms with Gasteiger partial charge in [0.2, 0.25) is 11.0 Å². The molecule has 0 bridgehead atoms. The molecule has 4 rings (SSSR count). The van der Waals surface area contributed by atoms with Crippen LogP contribution >= 0.6 is 11.5 Å². The van der Waals surface area contributed by atoms with E-state index in [0.29, 0.717) is 19.4 Å². The van der Waals surface area contributed by atoms with E-state index in [2.05, 4.69) is 46.2 Å². The van der Waals surface area contributed by atoms with Gasteiger partial charge < -0.3 is 24.2 Å². The number of benzene rings is 2. The lowest BCUT2D eigenvalue weighted by molar-refractivity contribution is -0.131. The Hall–Kier alpha value is -3.33. The number of piperazine rings is 1. The van der Waals surface area contributed by atoms with E-state index in [1.165, 1.54) is 11.5 Å². The van der Waals surface area contributed by atoms with E-state index in [4.69, 9.17) is 14.5 Å². The van der Waals surface area contributed by atoms with Crippen molar-refractivity contribution in [1.82, 2.24) is 14.3 Å². The first-order chi connectivity index (χ1) is 18.0. The number of nitrogens with zero attached hydrogens (tertiary/aromatic N) is 5. The molecule has 8 nitrogen and oxygen atoms in total. The van der Waals surface area contributed by atoms with Gasteiger partial charge in [-0.15, -0.1) is 0 Å². The van der Waals surface area contributed by atoms with Gasteiger partial charge in [-0.2, -0.15) is 4.37 Å². The van der Waals surface area contributed by atoms with Gasteiger partial charge in [0.15, 0.2) is 0 Å². The summed E-state index contributed by atoms with van der Waals surface area (Å²) in [6.45, 7) is 8.11. The molecule has 1 saturated heterocycles. The van der Waals surface area contributed by atoms with E-state index in [0.717, 1.165) is 66.3 Å². The van der Waals surface area contributed by atoms with Crippen molar-refractivity contribution >= 4 is 28.3 Å². The number of carbonyl (C=O) groups is 1. The van der Waals surface area contributed by atoms with Crippen molar-refractivity contribution < 1.29 is 14.3 Å². The van der Waals surface area contributed by atoms with Crippen molar-refractivity contribution in [1.29, 1.82) is 0 Å². The SMILES string of the molecule is CCC(C)N(CCC(=O)N1CCN(c2ccc(OC)cc2)CC1)c1nc(Cc2cccc(OC)c2)ns1. The second kappa shape index (κ2) is 12.8. The van der Waals surface area contributed by atoms with Gasteiger partial charge in [0.05, 0.1) is 14.2 Å². The van der Waals surface area contributed by atoms with Gasteiger partial charge in [-0.1, -0.05) is 19.1 Å². The van der Waals surface area contributed by atoms with Gasteiger partial charge in [-0.25, -0.2) is 4.98 Å². The Morgan fingerprint density at radius 2 is 1.78 bits per heavy atom. The lowest BCUT2D eigenvalue weighted by Crippen LogP contribution is -2.49. The molecular weight excluding hydrogens is 486 g/mol. The Balaban J connectivity index is 1.32. The molecule has 1 unspecified atom stereocenters. The van der Waals surface area contributed by atoms with Crippen LogP contribution < -0.4 is 19.3 Å². The molecule has 3 aromatic rings. The minimum absolute atomic E-state index is 0.198. The summed E-state index contributed by atoms with van der Waals surface area (Å²) in [7, 11) is 3.35. The van der Waals surface area contributed by atoms with E-state index < -0.39 is 0 Å². The van der Waals surface area contributed by atoms with Crippen molar-refractivity contribution in [3.8, 4) is 11.5 Å². The Morgan fingerprint density at radius 3 is 2.46 bits per heavy atom. The molecule has 2 heterocycles. The molecule has 1 aliphatic rings. The number of methoxy groups -OCH3 is 2. The van der Waals surface area contributed by atoms with Crippen LogP contribution in [0.3, 0.4) is 0 Å². The predicted octanol–water partition coefficient (Wildman–Crippen LogP) is 4.49. The maximum atomic E-state index is 13.1. The minimum Gasteiger partial charge on any atom is -0.497 e. The van der Waals surface area contributed by atoms with E-state index in [1.54, 1.807) is 14.2 Å². The van der Waals surface area contributed by atoms with Crippen LogP contribution in [0.4, 0.5) is 10.8 Å². The first-order valence-electron chi connectivity index (χ1n) is 12.9. The molecule has 1 aliphatic heterocycles. The van der Waals surface area contributed by atoms with E-state index in [-0.39, 0.29) is 11.9 Å². The number of ether oxygens (including phenoxy) is 2. The predicted molar refractivity (Wildman–Crippen MR) is 149 cm³/mol. The summed E-state index contributed by atoms with van der Waals surface area (Å²) in [5, 5.41) is 0.879. The summed E-state index contributed by atoms with van der Waals surface area (Å²) in [5.41, 5.74) is 2.28. The highest BCUT2D eigenvalue weighted by molar-refractivity contribution is 7.09. The normalized spacial score (nSPS) is 14.4. The van der Waals surface area contributed by atoms with Crippen molar-refractivity contribution in [2.24, 2.45) is 0 Å². The topological polar surface area (TPSA) is 71.0 Å². The third-order valence-electron chi connectivity index (χ3n) is 6.96. The lowest BCUT2D eigenvalue weighted by Gasteiger charge is -2.36. The first kappa shape index (κ1) is 26.7. The second-order valence-corrected chi connectivity index (χ2v) is 10.0. The molecular formula is C28H37N5O3S. The second-order valence-electron chi connectivity index (χ2n) is 9.29. The van der Waals surface area contributed by atoms with Crippen molar-refractivity contribution in [2.75, 3.05) is 56.7 Å². The number of hydrogen-bond donors (Lipinski definition) is 0. The van der Waals surface area contributed by atoms with Gasteiger partial charge in [-0.3, -0.25) is 4.79 Å². The maximum absolute atomic E-state index is 13.1. The highest BCUT2D eigenvalue weighted by Crippen LogP contribution is 2.24. The number of anilines is 2. The molecule has 198 valence electrons. The molecule has 2 aromatic carbocycles. The number of amides is 1. The third kappa shape index (κ3) is 6.91. The molecule has 1 aromatic heterocycles. The molecule has 1 amide bonds. The molecule has 9 heteroatoms. The maximum Gasteiger partial charge on any atom is 0.224 e. The van der Waals surface area contributed by atoms with Crippen LogP contribution in [0.1, 0.15) is 38.1 Å². The van der Waals surface area contributed by atoms with Crippen LogP contribution in [-0.2, 0) is 11.2 Å². The Morgan fingerprint density at radius 1 is 1.05 bits per heavy atom. The smallest absolute Gasteiger partial charge is 0.224 e. The zero-order valence-electron chi connectivity index (χ0n) is 22.2.